The lowest BCUT2D eigenvalue weighted by atomic mass is 9.81. The molecule has 1 aliphatic rings. The third-order valence-corrected chi connectivity index (χ3v) is 5.52. The number of hydrogen-bond donors (Lipinski definition) is 2. The van der Waals surface area contributed by atoms with Crippen molar-refractivity contribution in [2.24, 2.45) is 11.1 Å². The molecule has 0 aliphatic carbocycles. The van der Waals surface area contributed by atoms with Crippen LogP contribution in [0, 0.1) is 5.92 Å². The van der Waals surface area contributed by atoms with E-state index in [0.717, 1.165) is 16.8 Å². The fourth-order valence-corrected chi connectivity index (χ4v) is 3.85. The maximum atomic E-state index is 9.63. The molecule has 2 N–H and O–H groups in total. The number of hydrogen-bond acceptors (Lipinski definition) is 7. The Morgan fingerprint density at radius 3 is 1.86 bits per heavy atom. The maximum absolute atomic E-state index is 9.63. The number of ether oxygens (including phenoxy) is 4. The molecule has 0 bridgehead atoms. The highest BCUT2D eigenvalue weighted by atomic mass is 16.5. The van der Waals surface area contributed by atoms with E-state index in [1.165, 1.54) is 0 Å². The van der Waals surface area contributed by atoms with E-state index >= 15 is 0 Å². The van der Waals surface area contributed by atoms with Crippen LogP contribution in [-0.4, -0.2) is 39.4 Å². The zero-order valence-electron chi connectivity index (χ0n) is 17.4. The van der Waals surface area contributed by atoms with Gasteiger partial charge in [0.1, 0.15) is 0 Å². The van der Waals surface area contributed by atoms with Crippen molar-refractivity contribution in [1.29, 1.82) is 0 Å². The quantitative estimate of drug-likeness (QED) is 0.564. The van der Waals surface area contributed by atoms with Gasteiger partial charge in [0.15, 0.2) is 23.0 Å². The first-order chi connectivity index (χ1) is 14.1. The Hall–Kier alpha value is -2.93. The van der Waals surface area contributed by atoms with E-state index in [2.05, 4.69) is 10.5 Å². The number of oxime groups is 1. The van der Waals surface area contributed by atoms with Gasteiger partial charge in [0.2, 0.25) is 0 Å². The van der Waals surface area contributed by atoms with Crippen LogP contribution in [0.4, 0.5) is 0 Å². The maximum Gasteiger partial charge on any atom is 0.161 e. The molecule has 1 fully saturated rings. The smallest absolute Gasteiger partial charge is 0.161 e. The van der Waals surface area contributed by atoms with Crippen LogP contribution in [0.2, 0.25) is 0 Å². The molecule has 3 unspecified atom stereocenters. The predicted molar refractivity (Wildman–Crippen MR) is 111 cm³/mol. The number of rotatable bonds is 6. The molecule has 1 heterocycles. The first-order valence-corrected chi connectivity index (χ1v) is 9.47. The van der Waals surface area contributed by atoms with Crippen LogP contribution in [0.15, 0.2) is 41.6 Å². The summed E-state index contributed by atoms with van der Waals surface area (Å²) in [6.45, 7) is 2.05. The molecule has 7 nitrogen and oxygen atoms in total. The molecule has 7 heteroatoms. The molecule has 3 atom stereocenters. The Morgan fingerprint density at radius 1 is 0.828 bits per heavy atom. The zero-order valence-corrected chi connectivity index (χ0v) is 17.4. The first kappa shape index (κ1) is 20.8. The molecule has 0 amide bonds. The second kappa shape index (κ2) is 9.05. The van der Waals surface area contributed by atoms with Gasteiger partial charge in [0.05, 0.1) is 34.2 Å². The van der Waals surface area contributed by atoms with Crippen molar-refractivity contribution in [3.05, 3.63) is 47.5 Å². The summed E-state index contributed by atoms with van der Waals surface area (Å²) >= 11 is 0. The van der Waals surface area contributed by atoms with Crippen molar-refractivity contribution in [2.45, 2.75) is 25.4 Å². The van der Waals surface area contributed by atoms with Gasteiger partial charge in [-0.15, -0.1) is 0 Å². The second-order valence-electron chi connectivity index (χ2n) is 7.01. The minimum atomic E-state index is -0.0625. The van der Waals surface area contributed by atoms with Crippen LogP contribution in [0.3, 0.4) is 0 Å². The largest absolute Gasteiger partial charge is 0.493 e. The van der Waals surface area contributed by atoms with Crippen molar-refractivity contribution in [1.82, 2.24) is 5.32 Å². The van der Waals surface area contributed by atoms with E-state index < -0.39 is 0 Å². The van der Waals surface area contributed by atoms with Crippen molar-refractivity contribution in [3.8, 4) is 23.0 Å². The van der Waals surface area contributed by atoms with Crippen molar-refractivity contribution in [3.63, 3.8) is 0 Å². The van der Waals surface area contributed by atoms with Crippen LogP contribution in [0.25, 0.3) is 0 Å². The van der Waals surface area contributed by atoms with Crippen LogP contribution in [0.5, 0.6) is 23.0 Å². The molecule has 3 rings (SSSR count). The number of piperidine rings is 1. The van der Waals surface area contributed by atoms with Crippen molar-refractivity contribution < 1.29 is 24.2 Å². The second-order valence-corrected chi connectivity index (χ2v) is 7.01. The Morgan fingerprint density at radius 2 is 1.34 bits per heavy atom. The van der Waals surface area contributed by atoms with Crippen molar-refractivity contribution in [2.75, 3.05) is 28.4 Å². The minimum absolute atomic E-state index is 0.00879. The van der Waals surface area contributed by atoms with Crippen LogP contribution >= 0.6 is 0 Å². The lowest BCUT2D eigenvalue weighted by Crippen LogP contribution is -2.41. The van der Waals surface area contributed by atoms with E-state index in [1.807, 2.05) is 43.3 Å². The average molecular weight is 400 g/mol. The van der Waals surface area contributed by atoms with Crippen LogP contribution in [0.1, 0.15) is 36.6 Å². The van der Waals surface area contributed by atoms with Crippen LogP contribution in [-0.2, 0) is 0 Å². The van der Waals surface area contributed by atoms with Gasteiger partial charge in [-0.1, -0.05) is 24.2 Å². The Labute approximate surface area is 171 Å². The van der Waals surface area contributed by atoms with Gasteiger partial charge < -0.3 is 29.5 Å². The summed E-state index contributed by atoms with van der Waals surface area (Å²) in [5.74, 6) is 2.68. The van der Waals surface area contributed by atoms with Crippen molar-refractivity contribution >= 4 is 5.71 Å². The molecule has 2 aromatic carbocycles. The molecule has 156 valence electrons. The van der Waals surface area contributed by atoms with E-state index in [4.69, 9.17) is 18.9 Å². The van der Waals surface area contributed by atoms with Gasteiger partial charge in [-0.05, 0) is 35.4 Å². The average Bonchev–Trinajstić information content (AvgIpc) is 2.78. The molecule has 2 aromatic rings. The summed E-state index contributed by atoms with van der Waals surface area (Å²) in [5.41, 5.74) is 2.80. The first-order valence-electron chi connectivity index (χ1n) is 9.47. The molecule has 29 heavy (non-hydrogen) atoms. The monoisotopic (exact) mass is 400 g/mol. The van der Waals surface area contributed by atoms with Gasteiger partial charge in [-0.25, -0.2) is 0 Å². The lowest BCUT2D eigenvalue weighted by molar-refractivity contribution is 0.293. The summed E-state index contributed by atoms with van der Waals surface area (Å²) < 4.78 is 21.6. The fraction of sp³-hybridized carbons (Fsp3) is 0.409. The van der Waals surface area contributed by atoms with E-state index in [9.17, 15) is 5.21 Å². The van der Waals surface area contributed by atoms with E-state index in [0.29, 0.717) is 29.4 Å². The van der Waals surface area contributed by atoms with E-state index in [-0.39, 0.29) is 18.0 Å². The number of methoxy groups -OCH3 is 4. The highest BCUT2D eigenvalue weighted by Gasteiger charge is 2.34. The fourth-order valence-electron chi connectivity index (χ4n) is 3.85. The third kappa shape index (κ3) is 4.10. The summed E-state index contributed by atoms with van der Waals surface area (Å²) in [4.78, 5) is 0. The summed E-state index contributed by atoms with van der Waals surface area (Å²) in [7, 11) is 6.46. The van der Waals surface area contributed by atoms with Crippen LogP contribution < -0.4 is 24.3 Å². The molecule has 1 aliphatic heterocycles. The SMILES string of the molecule is COc1ccc(C2CC(=NO)C(C)C(c3ccc(OC)c(OC)c3)N2)cc1OC. The van der Waals surface area contributed by atoms with Gasteiger partial charge in [0.25, 0.3) is 0 Å². The summed E-state index contributed by atoms with van der Waals surface area (Å²) in [6, 6.07) is 11.6. The number of benzene rings is 2. The molecule has 0 radical (unpaired) electrons. The standard InChI is InChI=1S/C22H28N2O5/c1-13-16(24-25)12-17(14-6-8-18(26-2)20(10-14)28-4)23-22(13)15-7-9-19(27-3)21(11-15)29-5/h6-11,13,17,22-23,25H,12H2,1-5H3. The summed E-state index contributed by atoms with van der Waals surface area (Å²) in [6.07, 6.45) is 0.594. The highest BCUT2D eigenvalue weighted by Crippen LogP contribution is 2.40. The molecular weight excluding hydrogens is 372 g/mol. The number of nitrogens with zero attached hydrogens (tertiary/aromatic N) is 1. The predicted octanol–water partition coefficient (Wildman–Crippen LogP) is 3.96. The van der Waals surface area contributed by atoms with Gasteiger partial charge in [-0.3, -0.25) is 0 Å². The highest BCUT2D eigenvalue weighted by molar-refractivity contribution is 5.88. The molecule has 0 aromatic heterocycles. The lowest BCUT2D eigenvalue weighted by Gasteiger charge is -2.37. The molecule has 0 saturated carbocycles. The van der Waals surface area contributed by atoms with Gasteiger partial charge >= 0.3 is 0 Å². The summed E-state index contributed by atoms with van der Waals surface area (Å²) in [5, 5.41) is 16.9. The minimum Gasteiger partial charge on any atom is -0.493 e. The Balaban J connectivity index is 1.97. The van der Waals surface area contributed by atoms with Gasteiger partial charge in [-0.2, -0.15) is 0 Å². The van der Waals surface area contributed by atoms with E-state index in [1.54, 1.807) is 28.4 Å². The Bertz CT molecular complexity index is 884. The number of nitrogens with one attached hydrogen (secondary N) is 1. The molecule has 1 saturated heterocycles. The topological polar surface area (TPSA) is 81.5 Å². The Kier molecular flexibility index (Phi) is 6.49. The molecular formula is C22H28N2O5. The van der Waals surface area contributed by atoms with Gasteiger partial charge in [0, 0.05) is 24.4 Å². The normalized spacial score (nSPS) is 22.9. The zero-order chi connectivity index (χ0) is 21.0. The molecule has 0 spiro atoms. The third-order valence-electron chi connectivity index (χ3n) is 5.52.